The molecule has 2 aromatic heterocycles. The van der Waals surface area contributed by atoms with Crippen LogP contribution in [0.4, 0.5) is 5.69 Å². The minimum atomic E-state index is -0.508. The molecule has 7 nitrogen and oxygen atoms in total. The third kappa shape index (κ3) is 4.55. The highest BCUT2D eigenvalue weighted by Gasteiger charge is 2.18. The molecule has 1 aromatic carbocycles. The zero-order valence-electron chi connectivity index (χ0n) is 15.4. The number of ether oxygens (including phenoxy) is 1. The van der Waals surface area contributed by atoms with Gasteiger partial charge in [-0.15, -0.1) is 11.3 Å². The molecule has 0 saturated carbocycles. The summed E-state index contributed by atoms with van der Waals surface area (Å²) in [5, 5.41) is 5.34. The van der Waals surface area contributed by atoms with Gasteiger partial charge in [0.25, 0.3) is 0 Å². The minimum absolute atomic E-state index is 0.000259. The van der Waals surface area contributed by atoms with E-state index in [4.69, 9.17) is 4.74 Å². The second kappa shape index (κ2) is 8.32. The molecule has 1 N–H and O–H groups in total. The van der Waals surface area contributed by atoms with Crippen LogP contribution in [0.25, 0.3) is 10.6 Å². The summed E-state index contributed by atoms with van der Waals surface area (Å²) in [5.74, 6) is -0.821. The van der Waals surface area contributed by atoms with Crippen LogP contribution < -0.4 is 5.32 Å². The van der Waals surface area contributed by atoms with Crippen molar-refractivity contribution in [2.24, 2.45) is 0 Å². The molecule has 0 aliphatic carbocycles. The molecule has 1 aliphatic rings. The molecule has 0 radical (unpaired) electrons. The summed E-state index contributed by atoms with van der Waals surface area (Å²) < 4.78 is 5.13. The third-order valence-electron chi connectivity index (χ3n) is 4.47. The Balaban J connectivity index is 1.32. The van der Waals surface area contributed by atoms with Gasteiger partial charge >= 0.3 is 5.97 Å². The number of hydrogen-bond donors (Lipinski definition) is 1. The van der Waals surface area contributed by atoms with Crippen LogP contribution in [0.2, 0.25) is 0 Å². The molecular formula is C21H17N3O4S. The van der Waals surface area contributed by atoms with Crippen LogP contribution in [-0.4, -0.2) is 34.2 Å². The van der Waals surface area contributed by atoms with Gasteiger partial charge in [0.05, 0.1) is 12.1 Å². The van der Waals surface area contributed by atoms with E-state index in [2.05, 4.69) is 15.3 Å². The van der Waals surface area contributed by atoms with Crippen LogP contribution in [0.15, 0.2) is 48.1 Å². The highest BCUT2D eigenvalue weighted by atomic mass is 32.1. The first kappa shape index (κ1) is 18.9. The predicted octanol–water partition coefficient (Wildman–Crippen LogP) is 3.06. The van der Waals surface area contributed by atoms with Crippen molar-refractivity contribution in [3.05, 3.63) is 64.9 Å². The number of nitrogens with zero attached hydrogens (tertiary/aromatic N) is 2. The SMILES string of the molecule is O=C1CCc2cc(C(=O)COC(=O)Cc3csc(-c4cccnc4)n3)ccc2N1. The van der Waals surface area contributed by atoms with Crippen LogP contribution in [0.3, 0.4) is 0 Å². The number of hydrogen-bond acceptors (Lipinski definition) is 7. The monoisotopic (exact) mass is 407 g/mol. The van der Waals surface area contributed by atoms with E-state index in [-0.39, 0.29) is 24.7 Å². The summed E-state index contributed by atoms with van der Waals surface area (Å²) >= 11 is 1.42. The molecule has 0 unspecified atom stereocenters. The van der Waals surface area contributed by atoms with E-state index >= 15 is 0 Å². The topological polar surface area (TPSA) is 98.3 Å². The quantitative estimate of drug-likeness (QED) is 0.498. The van der Waals surface area contributed by atoms with Crippen LogP contribution in [0, 0.1) is 0 Å². The van der Waals surface area contributed by atoms with Crippen LogP contribution >= 0.6 is 11.3 Å². The number of benzene rings is 1. The molecule has 0 fully saturated rings. The number of rotatable bonds is 6. The summed E-state index contributed by atoms with van der Waals surface area (Å²) in [7, 11) is 0. The number of aryl methyl sites for hydroxylation is 1. The number of carbonyl (C=O) groups is 3. The van der Waals surface area contributed by atoms with Gasteiger partial charge in [-0.1, -0.05) is 0 Å². The number of carbonyl (C=O) groups excluding carboxylic acids is 3. The zero-order chi connectivity index (χ0) is 20.2. The third-order valence-corrected chi connectivity index (χ3v) is 5.41. The minimum Gasteiger partial charge on any atom is -0.457 e. The standard InChI is InChI=1S/C21H17N3O4S/c25-18(14-3-5-17-13(8-14)4-6-19(26)24-17)11-28-20(27)9-16-12-29-21(23-16)15-2-1-7-22-10-15/h1-3,5,7-8,10,12H,4,6,9,11H2,(H,24,26). The van der Waals surface area contributed by atoms with Crippen molar-refractivity contribution < 1.29 is 19.1 Å². The van der Waals surface area contributed by atoms with Crippen molar-refractivity contribution in [1.29, 1.82) is 0 Å². The first-order chi connectivity index (χ1) is 14.1. The zero-order valence-corrected chi connectivity index (χ0v) is 16.2. The second-order valence-electron chi connectivity index (χ2n) is 6.57. The molecule has 0 saturated heterocycles. The number of esters is 1. The fraction of sp³-hybridized carbons (Fsp3) is 0.190. The average molecular weight is 407 g/mol. The molecule has 29 heavy (non-hydrogen) atoms. The van der Waals surface area contributed by atoms with Crippen molar-refractivity contribution in [3.63, 3.8) is 0 Å². The Morgan fingerprint density at radius 2 is 2.10 bits per heavy atom. The van der Waals surface area contributed by atoms with Gasteiger partial charge in [-0.05, 0) is 42.3 Å². The number of ketones is 1. The molecule has 0 atom stereocenters. The predicted molar refractivity (Wildman–Crippen MR) is 108 cm³/mol. The van der Waals surface area contributed by atoms with E-state index in [9.17, 15) is 14.4 Å². The number of anilines is 1. The van der Waals surface area contributed by atoms with Crippen LogP contribution in [0.5, 0.6) is 0 Å². The van der Waals surface area contributed by atoms with E-state index in [0.29, 0.717) is 24.1 Å². The lowest BCUT2D eigenvalue weighted by atomic mass is 9.99. The maximum atomic E-state index is 12.4. The first-order valence-corrected chi connectivity index (χ1v) is 9.93. The van der Waals surface area contributed by atoms with Gasteiger partial charge in [0.1, 0.15) is 5.01 Å². The van der Waals surface area contributed by atoms with Crippen molar-refractivity contribution in [1.82, 2.24) is 9.97 Å². The highest BCUT2D eigenvalue weighted by Crippen LogP contribution is 2.24. The summed E-state index contributed by atoms with van der Waals surface area (Å²) in [5.41, 5.74) is 3.57. The van der Waals surface area contributed by atoms with Crippen molar-refractivity contribution >= 4 is 34.7 Å². The lowest BCUT2D eigenvalue weighted by molar-refractivity contribution is -0.141. The summed E-state index contributed by atoms with van der Waals surface area (Å²) in [6, 6.07) is 8.80. The van der Waals surface area contributed by atoms with Gasteiger partial charge in [0.15, 0.2) is 12.4 Å². The van der Waals surface area contributed by atoms with Gasteiger partial charge in [0, 0.05) is 41.0 Å². The van der Waals surface area contributed by atoms with E-state index in [1.54, 1.807) is 36.0 Å². The number of amides is 1. The first-order valence-electron chi connectivity index (χ1n) is 9.05. The fourth-order valence-electron chi connectivity index (χ4n) is 3.00. The van der Waals surface area contributed by atoms with Crippen molar-refractivity contribution in [2.75, 3.05) is 11.9 Å². The normalized spacial score (nSPS) is 12.8. The largest absolute Gasteiger partial charge is 0.457 e. The number of fused-ring (bicyclic) bond motifs is 1. The maximum Gasteiger partial charge on any atom is 0.312 e. The number of thiazole rings is 1. The molecule has 1 amide bonds. The Kier molecular flexibility index (Phi) is 5.44. The average Bonchev–Trinajstić information content (AvgIpc) is 3.20. The van der Waals surface area contributed by atoms with Crippen LogP contribution in [-0.2, 0) is 27.2 Å². The Morgan fingerprint density at radius 3 is 2.93 bits per heavy atom. The molecular weight excluding hydrogens is 390 g/mol. The number of nitrogens with one attached hydrogen (secondary N) is 1. The highest BCUT2D eigenvalue weighted by molar-refractivity contribution is 7.13. The van der Waals surface area contributed by atoms with Gasteiger partial charge in [-0.2, -0.15) is 0 Å². The molecule has 3 aromatic rings. The summed E-state index contributed by atoms with van der Waals surface area (Å²) in [6.45, 7) is -0.330. The van der Waals surface area contributed by atoms with E-state index in [1.807, 2.05) is 12.1 Å². The van der Waals surface area contributed by atoms with Gasteiger partial charge < -0.3 is 10.1 Å². The lowest BCUT2D eigenvalue weighted by Crippen LogP contribution is -2.20. The van der Waals surface area contributed by atoms with Crippen LogP contribution in [0.1, 0.15) is 28.0 Å². The smallest absolute Gasteiger partial charge is 0.312 e. The van der Waals surface area contributed by atoms with Crippen molar-refractivity contribution in [3.8, 4) is 10.6 Å². The molecule has 0 bridgehead atoms. The summed E-state index contributed by atoms with van der Waals surface area (Å²) in [6.07, 6.45) is 4.38. The summed E-state index contributed by atoms with van der Waals surface area (Å²) in [4.78, 5) is 44.3. The second-order valence-corrected chi connectivity index (χ2v) is 7.42. The Hall–Kier alpha value is -3.39. The van der Waals surface area contributed by atoms with Gasteiger partial charge in [-0.25, -0.2) is 4.98 Å². The molecule has 0 spiro atoms. The number of aromatic nitrogens is 2. The van der Waals surface area contributed by atoms with E-state index < -0.39 is 5.97 Å². The fourth-order valence-corrected chi connectivity index (χ4v) is 3.81. The molecule has 3 heterocycles. The lowest BCUT2D eigenvalue weighted by Gasteiger charge is -2.17. The number of Topliss-reactive ketones (excluding diaryl/α,β-unsaturated/α-hetero) is 1. The molecule has 4 rings (SSSR count). The van der Waals surface area contributed by atoms with E-state index in [0.717, 1.165) is 21.8 Å². The molecule has 8 heteroatoms. The molecule has 146 valence electrons. The number of pyridine rings is 1. The Bertz CT molecular complexity index is 1080. The Morgan fingerprint density at radius 1 is 1.21 bits per heavy atom. The van der Waals surface area contributed by atoms with Crippen molar-refractivity contribution in [2.45, 2.75) is 19.3 Å². The molecule has 1 aliphatic heterocycles. The van der Waals surface area contributed by atoms with Gasteiger partial charge in [0.2, 0.25) is 5.91 Å². The maximum absolute atomic E-state index is 12.4. The van der Waals surface area contributed by atoms with E-state index in [1.165, 1.54) is 11.3 Å². The Labute approximate surface area is 170 Å². The van der Waals surface area contributed by atoms with Gasteiger partial charge in [-0.3, -0.25) is 19.4 Å².